The van der Waals surface area contributed by atoms with Crippen LogP contribution in [0, 0.1) is 6.92 Å². The highest BCUT2D eigenvalue weighted by molar-refractivity contribution is 6.00. The van der Waals surface area contributed by atoms with Gasteiger partial charge in [-0.25, -0.2) is 4.79 Å². The maximum absolute atomic E-state index is 13.9. The summed E-state index contributed by atoms with van der Waals surface area (Å²) in [7, 11) is 0. The zero-order valence-corrected chi connectivity index (χ0v) is 23.7. The van der Waals surface area contributed by atoms with E-state index in [1.54, 1.807) is 39.8 Å². The lowest BCUT2D eigenvalue weighted by Crippen LogP contribution is -2.52. The molecule has 0 saturated heterocycles. The van der Waals surface area contributed by atoms with Crippen molar-refractivity contribution in [3.05, 3.63) is 77.9 Å². The van der Waals surface area contributed by atoms with Gasteiger partial charge in [-0.1, -0.05) is 60.2 Å². The van der Waals surface area contributed by atoms with Crippen LogP contribution in [0.25, 0.3) is 10.8 Å². The van der Waals surface area contributed by atoms with E-state index in [4.69, 9.17) is 10.5 Å². The molecule has 2 atom stereocenters. The van der Waals surface area contributed by atoms with Crippen molar-refractivity contribution >= 4 is 40.3 Å². The molecule has 0 fully saturated rings. The first-order chi connectivity index (χ1) is 18.9. The van der Waals surface area contributed by atoms with Crippen LogP contribution >= 0.6 is 0 Å². The highest BCUT2D eigenvalue weighted by Gasteiger charge is 2.35. The van der Waals surface area contributed by atoms with Crippen LogP contribution < -0.4 is 16.4 Å². The predicted octanol–water partition coefficient (Wildman–Crippen LogP) is 4.84. The van der Waals surface area contributed by atoms with Gasteiger partial charge in [-0.05, 0) is 69.5 Å². The molecule has 0 aliphatic heterocycles. The van der Waals surface area contributed by atoms with E-state index in [0.717, 1.165) is 16.3 Å². The third kappa shape index (κ3) is 8.30. The molecule has 3 rings (SSSR count). The molecular formula is C31H38N4O5. The summed E-state index contributed by atoms with van der Waals surface area (Å²) in [5.41, 5.74) is 6.74. The number of aryl methyl sites for hydroxylation is 1. The Labute approximate surface area is 235 Å². The van der Waals surface area contributed by atoms with E-state index in [1.165, 1.54) is 4.90 Å². The van der Waals surface area contributed by atoms with Gasteiger partial charge < -0.3 is 26.0 Å². The van der Waals surface area contributed by atoms with E-state index in [2.05, 4.69) is 10.6 Å². The summed E-state index contributed by atoms with van der Waals surface area (Å²) in [6, 6.07) is 18.6. The zero-order chi connectivity index (χ0) is 29.4. The number of alkyl carbamates (subject to hydrolysis) is 1. The Morgan fingerprint density at radius 1 is 0.950 bits per heavy atom. The molecule has 0 bridgehead atoms. The average molecular weight is 547 g/mol. The van der Waals surface area contributed by atoms with Crippen molar-refractivity contribution in [1.29, 1.82) is 0 Å². The van der Waals surface area contributed by atoms with Crippen molar-refractivity contribution in [2.24, 2.45) is 5.73 Å². The molecule has 0 aromatic heterocycles. The van der Waals surface area contributed by atoms with Gasteiger partial charge in [0.15, 0.2) is 0 Å². The Kier molecular flexibility index (Phi) is 9.87. The summed E-state index contributed by atoms with van der Waals surface area (Å²) >= 11 is 0. The van der Waals surface area contributed by atoms with Gasteiger partial charge in [0, 0.05) is 18.7 Å². The Balaban J connectivity index is 1.96. The number of amides is 4. The number of anilines is 1. The summed E-state index contributed by atoms with van der Waals surface area (Å²) in [5.74, 6) is -1.56. The summed E-state index contributed by atoms with van der Waals surface area (Å²) < 4.78 is 5.34. The van der Waals surface area contributed by atoms with Gasteiger partial charge in [-0.2, -0.15) is 0 Å². The molecule has 0 heterocycles. The Morgan fingerprint density at radius 3 is 2.20 bits per heavy atom. The molecule has 2 unspecified atom stereocenters. The number of nitrogens with zero attached hydrogens (tertiary/aromatic N) is 1. The normalized spacial score (nSPS) is 12.7. The molecule has 4 N–H and O–H groups in total. The molecule has 40 heavy (non-hydrogen) atoms. The van der Waals surface area contributed by atoms with Crippen molar-refractivity contribution in [1.82, 2.24) is 10.2 Å². The van der Waals surface area contributed by atoms with E-state index < -0.39 is 41.5 Å². The number of ether oxygens (including phenoxy) is 1. The average Bonchev–Trinajstić information content (AvgIpc) is 2.88. The van der Waals surface area contributed by atoms with Gasteiger partial charge in [0.2, 0.25) is 11.8 Å². The SMILES string of the molecule is CCN(C(=O)C(CCC(N)=O)NC(=O)OC(C)(C)C)C(C(=O)Nc1ccc2ccccc2c1)c1ccc(C)cc1. The second-order valence-corrected chi connectivity index (χ2v) is 10.7. The molecular weight excluding hydrogens is 508 g/mol. The lowest BCUT2D eigenvalue weighted by molar-refractivity contribution is -0.140. The van der Waals surface area contributed by atoms with E-state index >= 15 is 0 Å². The quantitative estimate of drug-likeness (QED) is 0.335. The molecule has 0 spiro atoms. The second-order valence-electron chi connectivity index (χ2n) is 10.7. The summed E-state index contributed by atoms with van der Waals surface area (Å²) in [6.07, 6.45) is -0.988. The standard InChI is InChI=1S/C31H38N4O5/c1-6-35(29(38)25(17-18-26(32)36)34-30(39)40-31(3,4)5)27(22-13-11-20(2)12-14-22)28(37)33-24-16-15-21-9-7-8-10-23(21)19-24/h7-16,19,25,27H,6,17-18H2,1-5H3,(H2,32,36)(H,33,37)(H,34,39). The molecule has 3 aromatic carbocycles. The van der Waals surface area contributed by atoms with Crippen LogP contribution in [-0.4, -0.2) is 46.9 Å². The smallest absolute Gasteiger partial charge is 0.408 e. The Morgan fingerprint density at radius 2 is 1.60 bits per heavy atom. The van der Waals surface area contributed by atoms with Gasteiger partial charge in [0.1, 0.15) is 17.7 Å². The minimum absolute atomic E-state index is 0.0448. The summed E-state index contributed by atoms with van der Waals surface area (Å²) in [5, 5.41) is 7.53. The van der Waals surface area contributed by atoms with Gasteiger partial charge in [0.05, 0.1) is 0 Å². The maximum atomic E-state index is 13.9. The van der Waals surface area contributed by atoms with Gasteiger partial charge in [-0.15, -0.1) is 0 Å². The van der Waals surface area contributed by atoms with E-state index in [9.17, 15) is 19.2 Å². The number of nitrogens with two attached hydrogens (primary N) is 1. The zero-order valence-electron chi connectivity index (χ0n) is 23.7. The number of hydrogen-bond acceptors (Lipinski definition) is 5. The predicted molar refractivity (Wildman–Crippen MR) is 155 cm³/mol. The van der Waals surface area contributed by atoms with Crippen molar-refractivity contribution < 1.29 is 23.9 Å². The van der Waals surface area contributed by atoms with Gasteiger partial charge in [0.25, 0.3) is 5.91 Å². The second kappa shape index (κ2) is 13.1. The lowest BCUT2D eigenvalue weighted by Gasteiger charge is -2.33. The van der Waals surface area contributed by atoms with Crippen LogP contribution in [-0.2, 0) is 19.1 Å². The van der Waals surface area contributed by atoms with Crippen LogP contribution in [0.1, 0.15) is 57.7 Å². The minimum atomic E-state index is -1.14. The molecule has 212 valence electrons. The van der Waals surface area contributed by atoms with Crippen LogP contribution in [0.2, 0.25) is 0 Å². The molecule has 4 amide bonds. The van der Waals surface area contributed by atoms with Crippen molar-refractivity contribution in [3.8, 4) is 0 Å². The molecule has 9 heteroatoms. The fourth-order valence-corrected chi connectivity index (χ4v) is 4.36. The Bertz CT molecular complexity index is 1360. The van der Waals surface area contributed by atoms with Crippen molar-refractivity contribution in [3.63, 3.8) is 0 Å². The number of primary amides is 1. The number of carbonyl (C=O) groups is 4. The van der Waals surface area contributed by atoms with Crippen molar-refractivity contribution in [2.45, 2.75) is 65.1 Å². The van der Waals surface area contributed by atoms with Gasteiger partial charge in [-0.3, -0.25) is 14.4 Å². The molecule has 0 radical (unpaired) electrons. The maximum Gasteiger partial charge on any atom is 0.408 e. The molecule has 0 saturated carbocycles. The van der Waals surface area contributed by atoms with Crippen LogP contribution in [0.3, 0.4) is 0 Å². The molecule has 0 aliphatic rings. The number of likely N-dealkylation sites (N-methyl/N-ethyl adjacent to an activating group) is 1. The van der Waals surface area contributed by atoms with Crippen LogP contribution in [0.15, 0.2) is 66.7 Å². The van der Waals surface area contributed by atoms with E-state index in [-0.39, 0.29) is 19.4 Å². The molecule has 3 aromatic rings. The highest BCUT2D eigenvalue weighted by atomic mass is 16.6. The third-order valence-electron chi connectivity index (χ3n) is 6.26. The first-order valence-electron chi connectivity index (χ1n) is 13.3. The summed E-state index contributed by atoms with van der Waals surface area (Å²) in [6.45, 7) is 8.95. The Hall–Kier alpha value is -4.40. The third-order valence-corrected chi connectivity index (χ3v) is 6.26. The number of hydrogen-bond donors (Lipinski definition) is 3. The fraction of sp³-hybridized carbons (Fsp3) is 0.355. The fourth-order valence-electron chi connectivity index (χ4n) is 4.36. The van der Waals surface area contributed by atoms with Gasteiger partial charge >= 0.3 is 6.09 Å². The topological polar surface area (TPSA) is 131 Å². The number of carbonyl (C=O) groups excluding carboxylic acids is 4. The largest absolute Gasteiger partial charge is 0.444 e. The van der Waals surface area contributed by atoms with Crippen LogP contribution in [0.4, 0.5) is 10.5 Å². The minimum Gasteiger partial charge on any atom is -0.444 e. The molecule has 0 aliphatic carbocycles. The first-order valence-corrected chi connectivity index (χ1v) is 13.3. The highest BCUT2D eigenvalue weighted by Crippen LogP contribution is 2.26. The number of nitrogens with one attached hydrogen (secondary N) is 2. The van der Waals surface area contributed by atoms with E-state index in [1.807, 2.05) is 61.5 Å². The summed E-state index contributed by atoms with van der Waals surface area (Å²) in [4.78, 5) is 53.3. The number of fused-ring (bicyclic) bond motifs is 1. The lowest BCUT2D eigenvalue weighted by atomic mass is 10.0. The number of benzene rings is 3. The first kappa shape index (κ1) is 30.1. The monoisotopic (exact) mass is 546 g/mol. The number of rotatable bonds is 10. The van der Waals surface area contributed by atoms with Crippen LogP contribution in [0.5, 0.6) is 0 Å². The molecule has 9 nitrogen and oxygen atoms in total. The van der Waals surface area contributed by atoms with Crippen molar-refractivity contribution in [2.75, 3.05) is 11.9 Å². The van der Waals surface area contributed by atoms with E-state index in [0.29, 0.717) is 11.3 Å².